The molecule has 6 heteroatoms. The lowest BCUT2D eigenvalue weighted by Crippen LogP contribution is -2.50. The normalized spacial score (nSPS) is 24.5. The standard InChI is InChI=1S/C13H24N2O4/c1-2-9-3-5-10(6-4-9)14-13(19)15-11(7-8-16)12(17)18/h9-11,16H,2-8H2,1H3,(H,17,18)(H2,14,15,19). The van der Waals surface area contributed by atoms with Gasteiger partial charge >= 0.3 is 12.0 Å². The van der Waals surface area contributed by atoms with Crippen LogP contribution in [0.2, 0.25) is 0 Å². The molecule has 0 spiro atoms. The average molecular weight is 272 g/mol. The number of carboxylic acid groups (broad SMARTS) is 1. The van der Waals surface area contributed by atoms with Crippen molar-refractivity contribution in [3.05, 3.63) is 0 Å². The first-order valence-corrected chi connectivity index (χ1v) is 6.97. The molecule has 1 atom stereocenters. The Kier molecular flexibility index (Phi) is 6.62. The Labute approximate surface area is 113 Å². The second-order valence-corrected chi connectivity index (χ2v) is 5.15. The molecule has 0 aromatic carbocycles. The highest BCUT2D eigenvalue weighted by Gasteiger charge is 2.23. The number of aliphatic carboxylic acids is 1. The zero-order valence-electron chi connectivity index (χ0n) is 11.4. The van der Waals surface area contributed by atoms with E-state index < -0.39 is 18.0 Å². The van der Waals surface area contributed by atoms with Gasteiger partial charge in [-0.1, -0.05) is 13.3 Å². The molecule has 1 saturated carbocycles. The lowest BCUT2D eigenvalue weighted by molar-refractivity contribution is -0.139. The van der Waals surface area contributed by atoms with Crippen LogP contribution >= 0.6 is 0 Å². The fraction of sp³-hybridized carbons (Fsp3) is 0.846. The molecule has 1 aliphatic rings. The number of carbonyl (C=O) groups excluding carboxylic acids is 1. The van der Waals surface area contributed by atoms with Crippen LogP contribution in [0, 0.1) is 5.92 Å². The molecular formula is C13H24N2O4. The van der Waals surface area contributed by atoms with Gasteiger partial charge in [-0.25, -0.2) is 9.59 Å². The summed E-state index contributed by atoms with van der Waals surface area (Å²) in [5.74, 6) is -0.374. The van der Waals surface area contributed by atoms with Gasteiger partial charge in [0.15, 0.2) is 0 Å². The van der Waals surface area contributed by atoms with Crippen LogP contribution in [0.3, 0.4) is 0 Å². The maximum Gasteiger partial charge on any atom is 0.326 e. The van der Waals surface area contributed by atoms with E-state index in [9.17, 15) is 9.59 Å². The Hall–Kier alpha value is -1.30. The van der Waals surface area contributed by atoms with Crippen LogP contribution in [0.1, 0.15) is 45.4 Å². The van der Waals surface area contributed by atoms with Crippen molar-refractivity contribution in [3.63, 3.8) is 0 Å². The van der Waals surface area contributed by atoms with Crippen molar-refractivity contribution in [3.8, 4) is 0 Å². The summed E-state index contributed by atoms with van der Waals surface area (Å²) < 4.78 is 0. The molecule has 110 valence electrons. The summed E-state index contributed by atoms with van der Waals surface area (Å²) in [4.78, 5) is 22.5. The fourth-order valence-electron chi connectivity index (χ4n) is 2.49. The van der Waals surface area contributed by atoms with Crippen LogP contribution < -0.4 is 10.6 Å². The Balaban J connectivity index is 2.32. The van der Waals surface area contributed by atoms with Crippen molar-refractivity contribution in [2.75, 3.05) is 6.61 Å². The van der Waals surface area contributed by atoms with Gasteiger partial charge in [-0.2, -0.15) is 0 Å². The smallest absolute Gasteiger partial charge is 0.326 e. The van der Waals surface area contributed by atoms with Crippen LogP contribution in [0.5, 0.6) is 0 Å². The predicted octanol–water partition coefficient (Wildman–Crippen LogP) is 1.09. The summed E-state index contributed by atoms with van der Waals surface area (Å²) in [5.41, 5.74) is 0. The number of nitrogens with one attached hydrogen (secondary N) is 2. The number of carbonyl (C=O) groups is 2. The highest BCUT2D eigenvalue weighted by atomic mass is 16.4. The van der Waals surface area contributed by atoms with E-state index in [0.29, 0.717) is 0 Å². The van der Waals surface area contributed by atoms with Crippen LogP contribution in [0.15, 0.2) is 0 Å². The van der Waals surface area contributed by atoms with Gasteiger partial charge in [-0.05, 0) is 31.6 Å². The van der Waals surface area contributed by atoms with Gasteiger partial charge in [-0.3, -0.25) is 0 Å². The molecule has 4 N–H and O–H groups in total. The number of hydrogen-bond acceptors (Lipinski definition) is 3. The molecule has 19 heavy (non-hydrogen) atoms. The number of amides is 2. The minimum absolute atomic E-state index is 0.0192. The number of hydrogen-bond donors (Lipinski definition) is 4. The Morgan fingerprint density at radius 2 is 1.89 bits per heavy atom. The van der Waals surface area contributed by atoms with Gasteiger partial charge in [0.1, 0.15) is 6.04 Å². The van der Waals surface area contributed by atoms with Crippen molar-refractivity contribution in [2.45, 2.75) is 57.5 Å². The van der Waals surface area contributed by atoms with Crippen molar-refractivity contribution in [2.24, 2.45) is 5.92 Å². The van der Waals surface area contributed by atoms with E-state index in [1.807, 2.05) is 0 Å². The SMILES string of the molecule is CCC1CCC(NC(=O)NC(CCO)C(=O)O)CC1. The summed E-state index contributed by atoms with van der Waals surface area (Å²) in [5, 5.41) is 22.8. The largest absolute Gasteiger partial charge is 0.480 e. The van der Waals surface area contributed by atoms with E-state index in [-0.39, 0.29) is 19.1 Å². The molecule has 0 saturated heterocycles. The summed E-state index contributed by atoms with van der Waals surface area (Å²) >= 11 is 0. The Morgan fingerprint density at radius 3 is 2.37 bits per heavy atom. The maximum atomic E-state index is 11.7. The van der Waals surface area contributed by atoms with Crippen molar-refractivity contribution >= 4 is 12.0 Å². The van der Waals surface area contributed by atoms with E-state index >= 15 is 0 Å². The topological polar surface area (TPSA) is 98.7 Å². The van der Waals surface area contributed by atoms with E-state index in [0.717, 1.165) is 31.6 Å². The van der Waals surface area contributed by atoms with Gasteiger partial charge in [0.2, 0.25) is 0 Å². The molecule has 2 amide bonds. The average Bonchev–Trinajstić information content (AvgIpc) is 2.39. The third-order valence-corrected chi connectivity index (χ3v) is 3.78. The molecule has 0 heterocycles. The molecule has 0 bridgehead atoms. The molecule has 1 unspecified atom stereocenters. The minimum Gasteiger partial charge on any atom is -0.480 e. The fourth-order valence-corrected chi connectivity index (χ4v) is 2.49. The lowest BCUT2D eigenvalue weighted by atomic mass is 9.85. The van der Waals surface area contributed by atoms with Crippen molar-refractivity contribution in [1.82, 2.24) is 10.6 Å². The van der Waals surface area contributed by atoms with E-state index in [1.54, 1.807) is 0 Å². The molecule has 6 nitrogen and oxygen atoms in total. The second-order valence-electron chi connectivity index (χ2n) is 5.15. The summed E-state index contributed by atoms with van der Waals surface area (Å²) in [6, 6.07) is -1.36. The summed E-state index contributed by atoms with van der Waals surface area (Å²) in [7, 11) is 0. The highest BCUT2D eigenvalue weighted by Crippen LogP contribution is 2.26. The Morgan fingerprint density at radius 1 is 1.26 bits per heavy atom. The first kappa shape index (κ1) is 15.8. The lowest BCUT2D eigenvalue weighted by Gasteiger charge is -2.28. The monoisotopic (exact) mass is 272 g/mol. The van der Waals surface area contributed by atoms with E-state index in [4.69, 9.17) is 10.2 Å². The highest BCUT2D eigenvalue weighted by molar-refractivity contribution is 5.82. The first-order chi connectivity index (χ1) is 9.06. The maximum absolute atomic E-state index is 11.7. The molecule has 1 rings (SSSR count). The molecule has 0 aromatic heterocycles. The third-order valence-electron chi connectivity index (χ3n) is 3.78. The zero-order valence-corrected chi connectivity index (χ0v) is 11.4. The molecule has 0 radical (unpaired) electrons. The van der Waals surface area contributed by atoms with Gasteiger partial charge < -0.3 is 20.8 Å². The van der Waals surface area contributed by atoms with Gasteiger partial charge in [0.05, 0.1) is 0 Å². The number of aliphatic hydroxyl groups excluding tert-OH is 1. The summed E-state index contributed by atoms with van der Waals surface area (Å²) in [6.45, 7) is 1.91. The molecular weight excluding hydrogens is 248 g/mol. The van der Waals surface area contributed by atoms with Gasteiger partial charge in [0, 0.05) is 19.1 Å². The van der Waals surface area contributed by atoms with Crippen molar-refractivity contribution in [1.29, 1.82) is 0 Å². The van der Waals surface area contributed by atoms with Crippen LogP contribution in [0.25, 0.3) is 0 Å². The molecule has 0 aliphatic heterocycles. The van der Waals surface area contributed by atoms with Gasteiger partial charge in [-0.15, -0.1) is 0 Å². The summed E-state index contributed by atoms with van der Waals surface area (Å²) in [6.07, 6.45) is 5.32. The number of urea groups is 1. The van der Waals surface area contributed by atoms with Crippen LogP contribution in [-0.4, -0.2) is 40.9 Å². The third kappa shape index (κ3) is 5.46. The molecule has 0 aromatic rings. The van der Waals surface area contributed by atoms with E-state index in [1.165, 1.54) is 6.42 Å². The van der Waals surface area contributed by atoms with Gasteiger partial charge in [0.25, 0.3) is 0 Å². The van der Waals surface area contributed by atoms with Crippen molar-refractivity contribution < 1.29 is 19.8 Å². The molecule has 1 aliphatic carbocycles. The second kappa shape index (κ2) is 7.99. The quantitative estimate of drug-likeness (QED) is 0.581. The number of carboxylic acids is 1. The Bertz CT molecular complexity index is 301. The molecule has 1 fully saturated rings. The predicted molar refractivity (Wildman–Crippen MR) is 70.8 cm³/mol. The van der Waals surface area contributed by atoms with E-state index in [2.05, 4.69) is 17.6 Å². The van der Waals surface area contributed by atoms with Crippen LogP contribution in [-0.2, 0) is 4.79 Å². The number of rotatable bonds is 6. The first-order valence-electron chi connectivity index (χ1n) is 6.97. The number of aliphatic hydroxyl groups is 1. The zero-order chi connectivity index (χ0) is 14.3. The minimum atomic E-state index is -1.13. The van der Waals surface area contributed by atoms with Crippen LogP contribution in [0.4, 0.5) is 4.79 Å².